The first kappa shape index (κ1) is 15.7. The maximum atomic E-state index is 11.3. The molecule has 7 heteroatoms. The fourth-order valence-electron chi connectivity index (χ4n) is 2.85. The number of nitrogens with zero attached hydrogens (tertiary/aromatic N) is 2. The Morgan fingerprint density at radius 2 is 1.45 bits per heavy atom. The molecule has 2 heterocycles. The molecule has 2 rings (SSSR count). The second-order valence-corrected chi connectivity index (χ2v) is 5.36. The summed E-state index contributed by atoms with van der Waals surface area (Å²) in [7, 11) is 0. The van der Waals surface area contributed by atoms with Crippen molar-refractivity contribution in [1.29, 1.82) is 0 Å². The van der Waals surface area contributed by atoms with Crippen molar-refractivity contribution in [2.75, 3.05) is 58.9 Å². The second kappa shape index (κ2) is 8.53. The van der Waals surface area contributed by atoms with E-state index in [0.29, 0.717) is 0 Å². The van der Waals surface area contributed by atoms with Crippen LogP contribution in [0.1, 0.15) is 12.8 Å². The molecule has 4 N–H and O–H groups in total. The van der Waals surface area contributed by atoms with Gasteiger partial charge >= 0.3 is 5.97 Å². The van der Waals surface area contributed by atoms with Crippen molar-refractivity contribution >= 4 is 5.97 Å². The van der Waals surface area contributed by atoms with Gasteiger partial charge in [0.15, 0.2) is 0 Å². The van der Waals surface area contributed by atoms with Crippen LogP contribution in [0.15, 0.2) is 0 Å². The van der Waals surface area contributed by atoms with Crippen LogP contribution in [0.4, 0.5) is 0 Å². The third-order valence-corrected chi connectivity index (χ3v) is 3.92. The molecule has 0 amide bonds. The normalized spacial score (nSPS) is 28.7. The summed E-state index contributed by atoms with van der Waals surface area (Å²) in [6, 6.07) is -0.343. The molecule has 1 unspecified atom stereocenters. The third kappa shape index (κ3) is 4.68. The maximum Gasteiger partial charge on any atom is 0.322 e. The lowest BCUT2D eigenvalue weighted by Gasteiger charge is -2.35. The zero-order chi connectivity index (χ0) is 14.2. The van der Waals surface area contributed by atoms with E-state index in [4.69, 9.17) is 0 Å². The number of nitrogens with one attached hydrogen (secondary N) is 3. The highest BCUT2D eigenvalue weighted by Gasteiger charge is 2.34. The molecule has 2 saturated heterocycles. The number of hydrogen-bond acceptors (Lipinski definition) is 6. The molecule has 0 radical (unpaired) electrons. The molecule has 0 aromatic carbocycles. The number of hydrazine groups is 1. The summed E-state index contributed by atoms with van der Waals surface area (Å²) in [5.74, 6) is -0.696. The van der Waals surface area contributed by atoms with Gasteiger partial charge in [0.05, 0.1) is 0 Å². The Balaban J connectivity index is 1.89. The molecule has 1 atom stereocenters. The van der Waals surface area contributed by atoms with E-state index in [1.54, 1.807) is 0 Å². The van der Waals surface area contributed by atoms with Crippen LogP contribution in [-0.2, 0) is 4.79 Å². The SMILES string of the molecule is O=C(O)C1CCCN1N1CCNCCNCCNCC1. The van der Waals surface area contributed by atoms with E-state index >= 15 is 0 Å². The van der Waals surface area contributed by atoms with E-state index in [-0.39, 0.29) is 6.04 Å². The smallest absolute Gasteiger partial charge is 0.322 e. The lowest BCUT2D eigenvalue weighted by Crippen LogP contribution is -2.53. The number of hydrogen-bond donors (Lipinski definition) is 4. The van der Waals surface area contributed by atoms with Crippen molar-refractivity contribution in [1.82, 2.24) is 26.0 Å². The van der Waals surface area contributed by atoms with Crippen molar-refractivity contribution in [3.63, 3.8) is 0 Å². The molecule has 2 fully saturated rings. The quantitative estimate of drug-likeness (QED) is 0.493. The molecular formula is C13H27N5O2. The molecule has 0 saturated carbocycles. The maximum absolute atomic E-state index is 11.3. The minimum Gasteiger partial charge on any atom is -0.480 e. The first-order chi connectivity index (χ1) is 9.79. The topological polar surface area (TPSA) is 79.9 Å². The molecule has 2 aliphatic heterocycles. The molecular weight excluding hydrogens is 258 g/mol. The van der Waals surface area contributed by atoms with Crippen LogP contribution in [-0.4, -0.2) is 86.0 Å². The standard InChI is InChI=1S/C13H27N5O2/c19-13(20)12-2-1-9-18(12)17-10-7-15-5-3-14-4-6-16-8-11-17/h12,14-16H,1-11H2,(H,19,20). The predicted octanol–water partition coefficient (Wildman–Crippen LogP) is -1.47. The van der Waals surface area contributed by atoms with E-state index in [9.17, 15) is 9.90 Å². The van der Waals surface area contributed by atoms with Crippen LogP contribution in [0.25, 0.3) is 0 Å². The van der Waals surface area contributed by atoms with Gasteiger partial charge in [0.25, 0.3) is 0 Å². The largest absolute Gasteiger partial charge is 0.480 e. The van der Waals surface area contributed by atoms with E-state index in [1.165, 1.54) is 0 Å². The summed E-state index contributed by atoms with van der Waals surface area (Å²) in [5.41, 5.74) is 0. The number of aliphatic carboxylic acids is 1. The minimum absolute atomic E-state index is 0.343. The molecule has 0 aromatic rings. The third-order valence-electron chi connectivity index (χ3n) is 3.92. The second-order valence-electron chi connectivity index (χ2n) is 5.36. The van der Waals surface area contributed by atoms with Gasteiger partial charge in [-0.05, 0) is 12.8 Å². The van der Waals surface area contributed by atoms with Crippen LogP contribution in [0.2, 0.25) is 0 Å². The summed E-state index contributed by atoms with van der Waals surface area (Å²) >= 11 is 0. The van der Waals surface area contributed by atoms with Crippen LogP contribution < -0.4 is 16.0 Å². The first-order valence-electron chi connectivity index (χ1n) is 7.65. The van der Waals surface area contributed by atoms with Gasteiger partial charge in [-0.1, -0.05) is 0 Å². The summed E-state index contributed by atoms with van der Waals surface area (Å²) in [5, 5.41) is 23.7. The number of carbonyl (C=O) groups is 1. The zero-order valence-corrected chi connectivity index (χ0v) is 12.1. The monoisotopic (exact) mass is 285 g/mol. The Morgan fingerprint density at radius 3 is 2.00 bits per heavy atom. The van der Waals surface area contributed by atoms with Gasteiger partial charge < -0.3 is 21.1 Å². The first-order valence-corrected chi connectivity index (χ1v) is 7.65. The van der Waals surface area contributed by atoms with Crippen molar-refractivity contribution in [2.45, 2.75) is 18.9 Å². The summed E-state index contributed by atoms with van der Waals surface area (Å²) in [6.45, 7) is 8.24. The minimum atomic E-state index is -0.696. The van der Waals surface area contributed by atoms with E-state index in [2.05, 4.69) is 26.0 Å². The van der Waals surface area contributed by atoms with Crippen molar-refractivity contribution in [2.24, 2.45) is 0 Å². The predicted molar refractivity (Wildman–Crippen MR) is 77.5 cm³/mol. The van der Waals surface area contributed by atoms with Gasteiger partial charge in [-0.2, -0.15) is 0 Å². The molecule has 20 heavy (non-hydrogen) atoms. The van der Waals surface area contributed by atoms with E-state index in [0.717, 1.165) is 71.7 Å². The Labute approximate surface area is 120 Å². The summed E-state index contributed by atoms with van der Waals surface area (Å²) in [4.78, 5) is 11.3. The average molecular weight is 285 g/mol. The van der Waals surface area contributed by atoms with Crippen molar-refractivity contribution in [3.05, 3.63) is 0 Å². The van der Waals surface area contributed by atoms with Gasteiger partial charge in [-0.15, -0.1) is 0 Å². The molecule has 0 spiro atoms. The number of rotatable bonds is 2. The van der Waals surface area contributed by atoms with Gasteiger partial charge in [0.1, 0.15) is 6.04 Å². The van der Waals surface area contributed by atoms with Crippen LogP contribution >= 0.6 is 0 Å². The molecule has 0 aliphatic carbocycles. The van der Waals surface area contributed by atoms with E-state index in [1.807, 2.05) is 0 Å². The highest BCUT2D eigenvalue weighted by molar-refractivity contribution is 5.73. The van der Waals surface area contributed by atoms with Crippen molar-refractivity contribution in [3.8, 4) is 0 Å². The van der Waals surface area contributed by atoms with Gasteiger partial charge in [0.2, 0.25) is 0 Å². The van der Waals surface area contributed by atoms with Crippen molar-refractivity contribution < 1.29 is 9.90 Å². The van der Waals surface area contributed by atoms with Crippen LogP contribution in [0.3, 0.4) is 0 Å². The average Bonchev–Trinajstić information content (AvgIpc) is 2.88. The van der Waals surface area contributed by atoms with Gasteiger partial charge in [-0.3, -0.25) is 4.79 Å². The Morgan fingerprint density at radius 1 is 0.900 bits per heavy atom. The molecule has 2 aliphatic rings. The molecule has 0 bridgehead atoms. The Hall–Kier alpha value is -0.730. The molecule has 0 aromatic heterocycles. The highest BCUT2D eigenvalue weighted by atomic mass is 16.4. The lowest BCUT2D eigenvalue weighted by molar-refractivity contribution is -0.149. The Kier molecular flexibility index (Phi) is 6.68. The zero-order valence-electron chi connectivity index (χ0n) is 12.1. The van der Waals surface area contributed by atoms with E-state index < -0.39 is 5.97 Å². The lowest BCUT2D eigenvalue weighted by atomic mass is 10.2. The molecule has 116 valence electrons. The fraction of sp³-hybridized carbons (Fsp3) is 0.923. The van der Waals surface area contributed by atoms with Gasteiger partial charge in [0, 0.05) is 58.9 Å². The number of carboxylic acid groups (broad SMARTS) is 1. The summed E-state index contributed by atoms with van der Waals surface area (Å²) < 4.78 is 0. The molecule has 7 nitrogen and oxygen atoms in total. The van der Waals surface area contributed by atoms with Gasteiger partial charge in [-0.25, -0.2) is 10.0 Å². The van der Waals surface area contributed by atoms with Crippen LogP contribution in [0, 0.1) is 0 Å². The summed E-state index contributed by atoms with van der Waals surface area (Å²) in [6.07, 6.45) is 1.73. The Bertz CT molecular complexity index is 290. The fourth-order valence-corrected chi connectivity index (χ4v) is 2.85. The number of carboxylic acids is 1. The highest BCUT2D eigenvalue weighted by Crippen LogP contribution is 2.19. The van der Waals surface area contributed by atoms with Crippen LogP contribution in [0.5, 0.6) is 0 Å².